The highest BCUT2D eigenvalue weighted by Crippen LogP contribution is 2.22. The lowest BCUT2D eigenvalue weighted by Gasteiger charge is -2.06. The lowest BCUT2D eigenvalue weighted by molar-refractivity contribution is -0.115. The topological polar surface area (TPSA) is 68.0 Å². The molecule has 134 valence electrons. The average Bonchev–Trinajstić information content (AvgIpc) is 3.02. The molecule has 0 aliphatic rings. The molecule has 1 aromatic heterocycles. The maximum Gasteiger partial charge on any atom is 0.322 e. The molecule has 5 heteroatoms. The average molecular weight is 349 g/mol. The maximum absolute atomic E-state index is 12.2. The van der Waals surface area contributed by atoms with E-state index < -0.39 is 0 Å². The van der Waals surface area contributed by atoms with E-state index in [-0.39, 0.29) is 18.3 Å². The van der Waals surface area contributed by atoms with Gasteiger partial charge in [-0.05, 0) is 43.0 Å². The fourth-order valence-electron chi connectivity index (χ4n) is 2.86. The van der Waals surface area contributed by atoms with E-state index in [1.165, 1.54) is 5.56 Å². The highest BCUT2D eigenvalue weighted by atomic mass is 16.4. The van der Waals surface area contributed by atoms with Crippen LogP contribution in [0.3, 0.4) is 0 Å². The van der Waals surface area contributed by atoms with Crippen molar-refractivity contribution < 1.29 is 9.21 Å². The van der Waals surface area contributed by atoms with E-state index >= 15 is 0 Å². The summed E-state index contributed by atoms with van der Waals surface area (Å²) in [5, 5.41) is 10.6. The van der Waals surface area contributed by atoms with Crippen molar-refractivity contribution in [2.45, 2.75) is 40.0 Å². The molecule has 1 heterocycles. The monoisotopic (exact) mass is 349 g/mol. The first kappa shape index (κ1) is 17.9. The Hall–Kier alpha value is -2.95. The Balaban J connectivity index is 1.66. The first-order valence-corrected chi connectivity index (χ1v) is 8.71. The smallest absolute Gasteiger partial charge is 0.322 e. The number of amides is 1. The highest BCUT2D eigenvalue weighted by Gasteiger charge is 2.12. The molecule has 0 aliphatic heterocycles. The fourth-order valence-corrected chi connectivity index (χ4v) is 2.86. The van der Waals surface area contributed by atoms with Crippen LogP contribution in [-0.4, -0.2) is 16.1 Å². The molecular formula is C21H23N3O2. The molecule has 0 saturated carbocycles. The number of benzene rings is 2. The van der Waals surface area contributed by atoms with Gasteiger partial charge in [0, 0.05) is 5.56 Å². The largest absolute Gasteiger partial charge is 0.403 e. The number of nitrogens with zero attached hydrogens (tertiary/aromatic N) is 2. The first-order valence-electron chi connectivity index (χ1n) is 8.71. The van der Waals surface area contributed by atoms with E-state index in [1.807, 2.05) is 38.1 Å². The molecule has 0 saturated heterocycles. The number of hydrogen-bond donors (Lipinski definition) is 1. The van der Waals surface area contributed by atoms with Gasteiger partial charge >= 0.3 is 6.01 Å². The highest BCUT2D eigenvalue weighted by molar-refractivity contribution is 5.90. The van der Waals surface area contributed by atoms with Crippen LogP contribution in [0.15, 0.2) is 46.9 Å². The number of rotatable bonds is 5. The molecule has 26 heavy (non-hydrogen) atoms. The molecule has 3 rings (SSSR count). The van der Waals surface area contributed by atoms with Crippen molar-refractivity contribution in [1.29, 1.82) is 0 Å². The van der Waals surface area contributed by atoms with Crippen LogP contribution < -0.4 is 5.32 Å². The molecule has 5 nitrogen and oxygen atoms in total. The van der Waals surface area contributed by atoms with Crippen molar-refractivity contribution in [2.24, 2.45) is 0 Å². The van der Waals surface area contributed by atoms with Gasteiger partial charge in [0.1, 0.15) is 0 Å². The summed E-state index contributed by atoms with van der Waals surface area (Å²) in [7, 11) is 0. The molecule has 3 aromatic rings. The van der Waals surface area contributed by atoms with Crippen LogP contribution in [0.1, 0.15) is 42.0 Å². The quantitative estimate of drug-likeness (QED) is 0.727. The summed E-state index contributed by atoms with van der Waals surface area (Å²) < 4.78 is 5.58. The lowest BCUT2D eigenvalue weighted by Crippen LogP contribution is -2.14. The zero-order chi connectivity index (χ0) is 18.7. The van der Waals surface area contributed by atoms with Gasteiger partial charge in [-0.3, -0.25) is 10.1 Å². The summed E-state index contributed by atoms with van der Waals surface area (Å²) in [6.45, 7) is 8.31. The van der Waals surface area contributed by atoms with Crippen molar-refractivity contribution in [1.82, 2.24) is 10.2 Å². The standard InChI is InChI=1S/C21H23N3O2/c1-13(2)17-7-5-16(6-8-17)12-19(25)22-21-24-23-20(26-21)18-10-14(3)9-15(4)11-18/h5-11,13H,12H2,1-4H3,(H,22,24,25). The van der Waals surface area contributed by atoms with E-state index in [1.54, 1.807) is 0 Å². The van der Waals surface area contributed by atoms with Crippen molar-refractivity contribution in [3.63, 3.8) is 0 Å². The molecule has 0 atom stereocenters. The van der Waals surface area contributed by atoms with Crippen LogP contribution in [0.4, 0.5) is 6.01 Å². The van der Waals surface area contributed by atoms with E-state index in [2.05, 4.69) is 47.6 Å². The second-order valence-corrected chi connectivity index (χ2v) is 6.91. The van der Waals surface area contributed by atoms with E-state index in [4.69, 9.17) is 4.42 Å². The van der Waals surface area contributed by atoms with E-state index in [9.17, 15) is 4.79 Å². The zero-order valence-corrected chi connectivity index (χ0v) is 15.5. The summed E-state index contributed by atoms with van der Waals surface area (Å²) in [6, 6.07) is 14.2. The summed E-state index contributed by atoms with van der Waals surface area (Å²) in [6.07, 6.45) is 0.264. The fraction of sp³-hybridized carbons (Fsp3) is 0.286. The Labute approximate surface area is 153 Å². The van der Waals surface area contributed by atoms with Gasteiger partial charge in [0.2, 0.25) is 11.8 Å². The minimum atomic E-state index is -0.182. The number of carbonyl (C=O) groups is 1. The number of aromatic nitrogens is 2. The Kier molecular flexibility index (Phi) is 5.16. The van der Waals surface area contributed by atoms with Gasteiger partial charge < -0.3 is 4.42 Å². The Bertz CT molecular complexity index is 891. The minimum absolute atomic E-state index is 0.114. The predicted octanol–water partition coefficient (Wildman–Crippen LogP) is 4.66. The summed E-state index contributed by atoms with van der Waals surface area (Å²) in [5.41, 5.74) is 5.28. The van der Waals surface area contributed by atoms with Crippen LogP contribution in [0.2, 0.25) is 0 Å². The third-order valence-electron chi connectivity index (χ3n) is 4.15. The maximum atomic E-state index is 12.2. The molecule has 0 fully saturated rings. The summed E-state index contributed by atoms with van der Waals surface area (Å²) in [4.78, 5) is 12.2. The van der Waals surface area contributed by atoms with E-state index in [0.29, 0.717) is 11.8 Å². The molecule has 1 amide bonds. The number of carbonyl (C=O) groups excluding carboxylic acids is 1. The van der Waals surface area contributed by atoms with Gasteiger partial charge in [-0.25, -0.2) is 0 Å². The number of hydrogen-bond acceptors (Lipinski definition) is 4. The third kappa shape index (κ3) is 4.36. The van der Waals surface area contributed by atoms with Crippen molar-refractivity contribution >= 4 is 11.9 Å². The lowest BCUT2D eigenvalue weighted by atomic mass is 10.0. The first-order chi connectivity index (χ1) is 12.4. The van der Waals surface area contributed by atoms with Crippen molar-refractivity contribution in [2.75, 3.05) is 5.32 Å². The molecule has 0 unspecified atom stereocenters. The Morgan fingerprint density at radius 2 is 1.69 bits per heavy atom. The number of nitrogens with one attached hydrogen (secondary N) is 1. The molecule has 0 radical (unpaired) electrons. The molecule has 2 aromatic carbocycles. The van der Waals surface area contributed by atoms with Gasteiger partial charge in [0.25, 0.3) is 0 Å². The SMILES string of the molecule is Cc1cc(C)cc(-c2nnc(NC(=O)Cc3ccc(C(C)C)cc3)o2)c1. The Morgan fingerprint density at radius 3 is 2.31 bits per heavy atom. The van der Waals surface area contributed by atoms with Crippen LogP contribution in [0.5, 0.6) is 0 Å². The molecule has 0 aliphatic carbocycles. The van der Waals surface area contributed by atoms with Crippen LogP contribution in [-0.2, 0) is 11.2 Å². The third-order valence-corrected chi connectivity index (χ3v) is 4.15. The molecule has 0 bridgehead atoms. The Morgan fingerprint density at radius 1 is 1.04 bits per heavy atom. The predicted molar refractivity (Wildman–Crippen MR) is 102 cm³/mol. The minimum Gasteiger partial charge on any atom is -0.403 e. The number of anilines is 1. The van der Waals surface area contributed by atoms with E-state index in [0.717, 1.165) is 22.3 Å². The van der Waals surface area contributed by atoms with Gasteiger partial charge in [0.05, 0.1) is 6.42 Å². The molecule has 1 N–H and O–H groups in total. The van der Waals surface area contributed by atoms with Crippen LogP contribution in [0, 0.1) is 13.8 Å². The molecule has 0 spiro atoms. The van der Waals surface area contributed by atoms with Gasteiger partial charge in [-0.2, -0.15) is 0 Å². The van der Waals surface area contributed by atoms with Gasteiger partial charge in [-0.1, -0.05) is 60.4 Å². The normalized spacial score (nSPS) is 11.0. The molecular weight excluding hydrogens is 326 g/mol. The zero-order valence-electron chi connectivity index (χ0n) is 15.5. The van der Waals surface area contributed by atoms with Crippen LogP contribution >= 0.6 is 0 Å². The van der Waals surface area contributed by atoms with Crippen LogP contribution in [0.25, 0.3) is 11.5 Å². The van der Waals surface area contributed by atoms with Gasteiger partial charge in [-0.15, -0.1) is 5.10 Å². The number of aryl methyl sites for hydroxylation is 2. The second kappa shape index (κ2) is 7.52. The second-order valence-electron chi connectivity index (χ2n) is 6.91. The summed E-state index contributed by atoms with van der Waals surface area (Å²) in [5.74, 6) is 0.686. The van der Waals surface area contributed by atoms with Gasteiger partial charge in [0.15, 0.2) is 0 Å². The van der Waals surface area contributed by atoms with Crippen molar-refractivity contribution in [3.8, 4) is 11.5 Å². The summed E-state index contributed by atoms with van der Waals surface area (Å²) >= 11 is 0. The van der Waals surface area contributed by atoms with Crippen molar-refractivity contribution in [3.05, 3.63) is 64.7 Å².